The van der Waals surface area contributed by atoms with Crippen LogP contribution < -0.4 is 5.32 Å². The minimum atomic E-state index is -0.170. The van der Waals surface area contributed by atoms with Gasteiger partial charge in [0.25, 0.3) is 0 Å². The van der Waals surface area contributed by atoms with Gasteiger partial charge < -0.3 is 5.32 Å². The lowest BCUT2D eigenvalue weighted by atomic mass is 10.0. The number of halogens is 1. The molecule has 114 valence electrons. The van der Waals surface area contributed by atoms with Crippen molar-refractivity contribution in [1.29, 1.82) is 0 Å². The van der Waals surface area contributed by atoms with Crippen LogP contribution in [0.5, 0.6) is 0 Å². The third kappa shape index (κ3) is 3.88. The predicted molar refractivity (Wildman–Crippen MR) is 81.5 cm³/mol. The number of aryl methyl sites for hydroxylation is 1. The molecule has 0 saturated heterocycles. The molecule has 4 nitrogen and oxygen atoms in total. The summed E-state index contributed by atoms with van der Waals surface area (Å²) in [4.78, 5) is 4.36. The highest BCUT2D eigenvalue weighted by molar-refractivity contribution is 5.27. The molecular formula is C16H23FN4. The molecular weight excluding hydrogens is 267 g/mol. The lowest BCUT2D eigenvalue weighted by Gasteiger charge is -2.18. The summed E-state index contributed by atoms with van der Waals surface area (Å²) in [5.74, 6) is 1.30. The second-order valence-corrected chi connectivity index (χ2v) is 5.81. The molecule has 0 radical (unpaired) electrons. The number of benzene rings is 1. The van der Waals surface area contributed by atoms with Gasteiger partial charge in [-0.15, -0.1) is 0 Å². The molecule has 1 aromatic heterocycles. The maximum absolute atomic E-state index is 13.4. The smallest absolute Gasteiger partial charge is 0.138 e. The highest BCUT2D eigenvalue weighted by Gasteiger charge is 2.15. The summed E-state index contributed by atoms with van der Waals surface area (Å²) in [7, 11) is 1.91. The first-order valence-electron chi connectivity index (χ1n) is 7.31. The second kappa shape index (κ2) is 6.80. The van der Waals surface area contributed by atoms with Gasteiger partial charge in [-0.3, -0.25) is 0 Å². The first kappa shape index (κ1) is 15.6. The Bertz CT molecular complexity index is 592. The van der Waals surface area contributed by atoms with Gasteiger partial charge in [0, 0.05) is 19.0 Å². The molecule has 0 saturated carbocycles. The molecule has 2 rings (SSSR count). The molecule has 1 atom stereocenters. The lowest BCUT2D eigenvalue weighted by molar-refractivity contribution is 0.451. The lowest BCUT2D eigenvalue weighted by Crippen LogP contribution is -2.22. The molecule has 1 N–H and O–H groups in total. The van der Waals surface area contributed by atoms with Crippen LogP contribution in [-0.2, 0) is 13.0 Å². The third-order valence-electron chi connectivity index (χ3n) is 3.55. The maximum atomic E-state index is 13.4. The van der Waals surface area contributed by atoms with E-state index >= 15 is 0 Å². The van der Waals surface area contributed by atoms with E-state index in [1.54, 1.807) is 13.3 Å². The van der Waals surface area contributed by atoms with Crippen molar-refractivity contribution in [2.24, 2.45) is 5.92 Å². The summed E-state index contributed by atoms with van der Waals surface area (Å²) < 4.78 is 15.4. The zero-order valence-electron chi connectivity index (χ0n) is 13.1. The Morgan fingerprint density at radius 3 is 2.71 bits per heavy atom. The van der Waals surface area contributed by atoms with E-state index in [-0.39, 0.29) is 11.9 Å². The Hall–Kier alpha value is -1.75. The summed E-state index contributed by atoms with van der Waals surface area (Å²) in [5, 5.41) is 7.57. The minimum absolute atomic E-state index is 0.0967. The van der Waals surface area contributed by atoms with Crippen molar-refractivity contribution in [2.45, 2.75) is 39.8 Å². The van der Waals surface area contributed by atoms with Crippen LogP contribution in [0.3, 0.4) is 0 Å². The molecule has 2 aromatic rings. The molecule has 21 heavy (non-hydrogen) atoms. The number of aromatic nitrogens is 3. The summed E-state index contributed by atoms with van der Waals surface area (Å²) in [6, 6.07) is 5.33. The molecule has 1 aromatic carbocycles. The summed E-state index contributed by atoms with van der Waals surface area (Å²) >= 11 is 0. The Morgan fingerprint density at radius 2 is 2.10 bits per heavy atom. The zero-order chi connectivity index (χ0) is 15.4. The van der Waals surface area contributed by atoms with Crippen molar-refractivity contribution in [3.05, 3.63) is 47.3 Å². The van der Waals surface area contributed by atoms with Crippen molar-refractivity contribution in [1.82, 2.24) is 20.1 Å². The van der Waals surface area contributed by atoms with Crippen LogP contribution in [0.15, 0.2) is 24.5 Å². The van der Waals surface area contributed by atoms with Crippen LogP contribution in [0.1, 0.15) is 36.8 Å². The highest BCUT2D eigenvalue weighted by atomic mass is 19.1. The van der Waals surface area contributed by atoms with Crippen LogP contribution >= 0.6 is 0 Å². The molecule has 1 unspecified atom stereocenters. The molecule has 5 heteroatoms. The maximum Gasteiger partial charge on any atom is 0.138 e. The first-order valence-corrected chi connectivity index (χ1v) is 7.31. The number of rotatable bonds is 6. The highest BCUT2D eigenvalue weighted by Crippen LogP contribution is 2.20. The van der Waals surface area contributed by atoms with E-state index < -0.39 is 0 Å². The van der Waals surface area contributed by atoms with E-state index in [0.29, 0.717) is 11.5 Å². The SMILES string of the molecule is CNC(Cc1ncnn1CC(C)C)c1ccc(F)c(C)c1. The fourth-order valence-electron chi connectivity index (χ4n) is 2.40. The van der Waals surface area contributed by atoms with Gasteiger partial charge in [0.1, 0.15) is 18.0 Å². The standard InChI is InChI=1S/C16H23FN4/c1-11(2)9-21-16(19-10-20-21)8-15(18-4)13-5-6-14(17)12(3)7-13/h5-7,10-11,15,18H,8-9H2,1-4H3. The van der Waals surface area contributed by atoms with Crippen molar-refractivity contribution in [3.8, 4) is 0 Å². The van der Waals surface area contributed by atoms with E-state index in [4.69, 9.17) is 0 Å². The van der Waals surface area contributed by atoms with Gasteiger partial charge in [0.15, 0.2) is 0 Å². The van der Waals surface area contributed by atoms with Gasteiger partial charge in [-0.25, -0.2) is 14.1 Å². The topological polar surface area (TPSA) is 42.7 Å². The number of nitrogens with zero attached hydrogens (tertiary/aromatic N) is 3. The fourth-order valence-corrected chi connectivity index (χ4v) is 2.40. The van der Waals surface area contributed by atoms with Crippen molar-refractivity contribution >= 4 is 0 Å². The largest absolute Gasteiger partial charge is 0.313 e. The zero-order valence-corrected chi connectivity index (χ0v) is 13.1. The van der Waals surface area contributed by atoms with Gasteiger partial charge in [-0.2, -0.15) is 5.10 Å². The van der Waals surface area contributed by atoms with Crippen molar-refractivity contribution in [2.75, 3.05) is 7.05 Å². The van der Waals surface area contributed by atoms with E-state index in [1.165, 1.54) is 6.07 Å². The molecule has 0 fully saturated rings. The monoisotopic (exact) mass is 290 g/mol. The first-order chi connectivity index (χ1) is 10.0. The molecule has 0 amide bonds. The normalized spacial score (nSPS) is 12.9. The van der Waals surface area contributed by atoms with Crippen molar-refractivity contribution < 1.29 is 4.39 Å². The average molecular weight is 290 g/mol. The third-order valence-corrected chi connectivity index (χ3v) is 3.55. The fraction of sp³-hybridized carbons (Fsp3) is 0.500. The predicted octanol–water partition coefficient (Wildman–Crippen LogP) is 2.88. The van der Waals surface area contributed by atoms with E-state index in [1.807, 2.05) is 23.9 Å². The van der Waals surface area contributed by atoms with Gasteiger partial charge in [-0.1, -0.05) is 26.0 Å². The van der Waals surface area contributed by atoms with Gasteiger partial charge in [0.2, 0.25) is 0 Å². The molecule has 0 aliphatic rings. The van der Waals surface area contributed by atoms with E-state index in [9.17, 15) is 4.39 Å². The Morgan fingerprint density at radius 1 is 1.33 bits per heavy atom. The van der Waals surface area contributed by atoms with Crippen LogP contribution in [0.4, 0.5) is 4.39 Å². The number of hydrogen-bond acceptors (Lipinski definition) is 3. The van der Waals surface area contributed by atoms with Gasteiger partial charge in [0.05, 0.1) is 0 Å². The van der Waals surface area contributed by atoms with Crippen LogP contribution in [0.25, 0.3) is 0 Å². The molecule has 0 aliphatic carbocycles. The molecule has 0 spiro atoms. The van der Waals surface area contributed by atoms with Crippen LogP contribution in [0, 0.1) is 18.7 Å². The van der Waals surface area contributed by atoms with Crippen LogP contribution in [-0.4, -0.2) is 21.8 Å². The minimum Gasteiger partial charge on any atom is -0.313 e. The molecule has 0 bridgehead atoms. The van der Waals surface area contributed by atoms with Gasteiger partial charge in [-0.05, 0) is 37.1 Å². The second-order valence-electron chi connectivity index (χ2n) is 5.81. The summed E-state index contributed by atoms with van der Waals surface area (Å²) in [6.07, 6.45) is 2.33. The number of hydrogen-bond donors (Lipinski definition) is 1. The number of nitrogens with one attached hydrogen (secondary N) is 1. The van der Waals surface area contributed by atoms with Crippen molar-refractivity contribution in [3.63, 3.8) is 0 Å². The van der Waals surface area contributed by atoms with E-state index in [2.05, 4.69) is 29.2 Å². The van der Waals surface area contributed by atoms with Crippen LogP contribution in [0.2, 0.25) is 0 Å². The van der Waals surface area contributed by atoms with E-state index in [0.717, 1.165) is 24.4 Å². The Balaban J connectivity index is 2.19. The Kier molecular flexibility index (Phi) is 5.07. The average Bonchev–Trinajstić information content (AvgIpc) is 2.85. The Labute approximate surface area is 125 Å². The summed E-state index contributed by atoms with van der Waals surface area (Å²) in [6.45, 7) is 6.95. The molecule has 0 aliphatic heterocycles. The molecule has 1 heterocycles. The van der Waals surface area contributed by atoms with Gasteiger partial charge >= 0.3 is 0 Å². The summed E-state index contributed by atoms with van der Waals surface area (Å²) in [5.41, 5.74) is 1.73. The quantitative estimate of drug-likeness (QED) is 0.889. The number of likely N-dealkylation sites (N-methyl/N-ethyl adjacent to an activating group) is 1.